The van der Waals surface area contributed by atoms with Gasteiger partial charge in [0.1, 0.15) is 0 Å². The molecule has 2 heteroatoms. The summed E-state index contributed by atoms with van der Waals surface area (Å²) in [5.41, 5.74) is 1.98. The minimum Gasteiger partial charge on any atom is -0.381 e. The molecule has 0 N–H and O–H groups in total. The third-order valence-electron chi connectivity index (χ3n) is 2.84. The van der Waals surface area contributed by atoms with Crippen molar-refractivity contribution in [3.8, 4) is 0 Å². The van der Waals surface area contributed by atoms with E-state index in [1.54, 1.807) is 0 Å². The predicted octanol–water partition coefficient (Wildman–Crippen LogP) is 2.60. The van der Waals surface area contributed by atoms with Gasteiger partial charge in [-0.3, -0.25) is 4.79 Å². The number of hydrogen-bond acceptors (Lipinski definition) is 2. The second-order valence-electron chi connectivity index (χ2n) is 4.23. The zero-order valence-electron chi connectivity index (χ0n) is 9.03. The lowest BCUT2D eigenvalue weighted by molar-refractivity contribution is 0.0952. The summed E-state index contributed by atoms with van der Waals surface area (Å²) in [5.74, 6) is 0.673. The topological polar surface area (TPSA) is 26.3 Å². The molecular weight excluding hydrogens is 188 g/mol. The molecule has 0 radical (unpaired) electrons. The normalized spacial score (nSPS) is 20.5. The smallest absolute Gasteiger partial charge is 0.163 e. The fourth-order valence-corrected chi connectivity index (χ4v) is 1.94. The van der Waals surface area contributed by atoms with Gasteiger partial charge in [0.25, 0.3) is 0 Å². The molecule has 0 aromatic heterocycles. The molecule has 0 spiro atoms. The fourth-order valence-electron chi connectivity index (χ4n) is 1.94. The number of carbonyl (C=O) groups is 1. The van der Waals surface area contributed by atoms with E-state index in [-0.39, 0.29) is 5.78 Å². The van der Waals surface area contributed by atoms with E-state index in [1.165, 1.54) is 0 Å². The lowest BCUT2D eigenvalue weighted by Crippen LogP contribution is -2.08. The van der Waals surface area contributed by atoms with Gasteiger partial charge in [-0.25, -0.2) is 0 Å². The number of carbonyl (C=O) groups excluding carboxylic acids is 1. The summed E-state index contributed by atoms with van der Waals surface area (Å²) < 4.78 is 5.27. The van der Waals surface area contributed by atoms with Crippen molar-refractivity contribution in [1.29, 1.82) is 0 Å². The van der Waals surface area contributed by atoms with Crippen LogP contribution >= 0.6 is 0 Å². The molecule has 1 aliphatic rings. The fraction of sp³-hybridized carbons (Fsp3) is 0.462. The van der Waals surface area contributed by atoms with Crippen LogP contribution in [0.15, 0.2) is 24.3 Å². The predicted molar refractivity (Wildman–Crippen MR) is 59.1 cm³/mol. The molecule has 1 aromatic carbocycles. The Morgan fingerprint density at radius 3 is 3.07 bits per heavy atom. The number of ether oxygens (including phenoxy) is 1. The average molecular weight is 204 g/mol. The lowest BCUT2D eigenvalue weighted by Gasteiger charge is -2.06. The molecule has 2 rings (SSSR count). The molecule has 1 atom stereocenters. The van der Waals surface area contributed by atoms with Gasteiger partial charge >= 0.3 is 0 Å². The van der Waals surface area contributed by atoms with E-state index in [1.807, 2.05) is 31.2 Å². The average Bonchev–Trinajstić information content (AvgIpc) is 2.70. The highest BCUT2D eigenvalue weighted by Gasteiger charge is 2.19. The van der Waals surface area contributed by atoms with Gasteiger partial charge in [-0.05, 0) is 25.3 Å². The maximum atomic E-state index is 11.9. The second-order valence-corrected chi connectivity index (χ2v) is 4.23. The van der Waals surface area contributed by atoms with Gasteiger partial charge in [0.05, 0.1) is 0 Å². The number of rotatable bonds is 3. The van der Waals surface area contributed by atoms with Crippen molar-refractivity contribution in [2.75, 3.05) is 13.2 Å². The lowest BCUT2D eigenvalue weighted by atomic mass is 9.97. The van der Waals surface area contributed by atoms with Crippen LogP contribution in [0.5, 0.6) is 0 Å². The van der Waals surface area contributed by atoms with Gasteiger partial charge in [0, 0.05) is 25.2 Å². The molecule has 80 valence electrons. The van der Waals surface area contributed by atoms with Crippen molar-refractivity contribution < 1.29 is 9.53 Å². The molecule has 1 saturated heterocycles. The summed E-state index contributed by atoms with van der Waals surface area (Å²) in [6.07, 6.45) is 1.65. The molecule has 1 heterocycles. The van der Waals surface area contributed by atoms with Crippen molar-refractivity contribution >= 4 is 5.78 Å². The van der Waals surface area contributed by atoms with Crippen molar-refractivity contribution in [3.05, 3.63) is 35.4 Å². The van der Waals surface area contributed by atoms with Crippen LogP contribution in [0.1, 0.15) is 28.8 Å². The highest BCUT2D eigenvalue weighted by atomic mass is 16.5. The SMILES string of the molecule is Cc1cccc(C(=O)CC2CCOC2)c1. The third-order valence-corrected chi connectivity index (χ3v) is 2.84. The highest BCUT2D eigenvalue weighted by Crippen LogP contribution is 2.19. The molecule has 0 bridgehead atoms. The van der Waals surface area contributed by atoms with Gasteiger partial charge < -0.3 is 4.74 Å². The van der Waals surface area contributed by atoms with Crippen molar-refractivity contribution in [1.82, 2.24) is 0 Å². The minimum atomic E-state index is 0.245. The molecule has 1 aliphatic heterocycles. The van der Waals surface area contributed by atoms with E-state index in [0.29, 0.717) is 12.3 Å². The first-order valence-electron chi connectivity index (χ1n) is 5.43. The monoisotopic (exact) mass is 204 g/mol. The van der Waals surface area contributed by atoms with Gasteiger partial charge in [0.15, 0.2) is 5.78 Å². The molecule has 0 amide bonds. The van der Waals surface area contributed by atoms with Crippen LogP contribution in [0.2, 0.25) is 0 Å². The van der Waals surface area contributed by atoms with Crippen LogP contribution in [-0.4, -0.2) is 19.0 Å². The summed E-state index contributed by atoms with van der Waals surface area (Å²) in [5, 5.41) is 0. The largest absolute Gasteiger partial charge is 0.381 e. The summed E-state index contributed by atoms with van der Waals surface area (Å²) in [7, 11) is 0. The summed E-state index contributed by atoms with van der Waals surface area (Å²) >= 11 is 0. The van der Waals surface area contributed by atoms with Crippen molar-refractivity contribution in [2.45, 2.75) is 19.8 Å². The van der Waals surface area contributed by atoms with E-state index >= 15 is 0 Å². The van der Waals surface area contributed by atoms with Crippen molar-refractivity contribution in [2.24, 2.45) is 5.92 Å². The molecule has 1 fully saturated rings. The first-order valence-corrected chi connectivity index (χ1v) is 5.43. The summed E-state index contributed by atoms with van der Waals surface area (Å²) in [4.78, 5) is 11.9. The maximum Gasteiger partial charge on any atom is 0.163 e. The van der Waals surface area contributed by atoms with Gasteiger partial charge in [-0.2, -0.15) is 0 Å². The second kappa shape index (κ2) is 4.58. The first kappa shape index (κ1) is 10.4. The maximum absolute atomic E-state index is 11.9. The highest BCUT2D eigenvalue weighted by molar-refractivity contribution is 5.96. The van der Waals surface area contributed by atoms with Crippen LogP contribution in [0.25, 0.3) is 0 Å². The van der Waals surface area contributed by atoms with E-state index in [9.17, 15) is 4.79 Å². The number of benzene rings is 1. The Labute approximate surface area is 90.3 Å². The number of hydrogen-bond donors (Lipinski definition) is 0. The first-order chi connectivity index (χ1) is 7.25. The Balaban J connectivity index is 2.01. The molecule has 0 saturated carbocycles. The molecule has 2 nitrogen and oxygen atoms in total. The Morgan fingerprint density at radius 2 is 2.40 bits per heavy atom. The Hall–Kier alpha value is -1.15. The van der Waals surface area contributed by atoms with Crippen LogP contribution < -0.4 is 0 Å². The zero-order chi connectivity index (χ0) is 10.7. The van der Waals surface area contributed by atoms with Gasteiger partial charge in [-0.15, -0.1) is 0 Å². The van der Waals surface area contributed by atoms with Crippen LogP contribution in [0.3, 0.4) is 0 Å². The minimum absolute atomic E-state index is 0.245. The molecule has 15 heavy (non-hydrogen) atoms. The van der Waals surface area contributed by atoms with Crippen LogP contribution in [0.4, 0.5) is 0 Å². The van der Waals surface area contributed by atoms with E-state index < -0.39 is 0 Å². The van der Waals surface area contributed by atoms with E-state index in [2.05, 4.69) is 0 Å². The standard InChI is InChI=1S/C13H16O2/c1-10-3-2-4-12(7-10)13(14)8-11-5-6-15-9-11/h2-4,7,11H,5-6,8-9H2,1H3. The van der Waals surface area contributed by atoms with E-state index in [4.69, 9.17) is 4.74 Å². The quantitative estimate of drug-likeness (QED) is 0.707. The Morgan fingerprint density at radius 1 is 1.53 bits per heavy atom. The van der Waals surface area contributed by atoms with Crippen LogP contribution in [-0.2, 0) is 4.74 Å². The van der Waals surface area contributed by atoms with Gasteiger partial charge in [-0.1, -0.05) is 23.8 Å². The third kappa shape index (κ3) is 2.66. The van der Waals surface area contributed by atoms with Crippen molar-refractivity contribution in [3.63, 3.8) is 0 Å². The summed E-state index contributed by atoms with van der Waals surface area (Å²) in [6.45, 7) is 3.57. The summed E-state index contributed by atoms with van der Waals surface area (Å²) in [6, 6.07) is 7.80. The molecule has 1 aromatic rings. The van der Waals surface area contributed by atoms with E-state index in [0.717, 1.165) is 30.8 Å². The number of ketones is 1. The number of Topliss-reactive ketones (excluding diaryl/α,β-unsaturated/α-hetero) is 1. The molecular formula is C13H16O2. The Bertz CT molecular complexity index is 351. The molecule has 0 aliphatic carbocycles. The van der Waals surface area contributed by atoms with Gasteiger partial charge in [0.2, 0.25) is 0 Å². The molecule has 1 unspecified atom stereocenters. The van der Waals surface area contributed by atoms with Crippen LogP contribution in [0, 0.1) is 12.8 Å². The Kier molecular flexibility index (Phi) is 3.17. The number of aryl methyl sites for hydroxylation is 1. The zero-order valence-corrected chi connectivity index (χ0v) is 9.03.